The van der Waals surface area contributed by atoms with Crippen LogP contribution >= 0.6 is 12.4 Å². The molecule has 0 radical (unpaired) electrons. The normalized spacial score (nSPS) is 20.1. The molecule has 0 amide bonds. The van der Waals surface area contributed by atoms with Gasteiger partial charge in [-0.3, -0.25) is 4.98 Å². The quantitative estimate of drug-likeness (QED) is 0.878. The van der Waals surface area contributed by atoms with Crippen LogP contribution in [0.1, 0.15) is 18.5 Å². The highest BCUT2D eigenvalue weighted by Gasteiger charge is 2.34. The maximum Gasteiger partial charge on any atom is 0.433 e. The van der Waals surface area contributed by atoms with E-state index >= 15 is 0 Å². The Morgan fingerprint density at radius 1 is 1.39 bits per heavy atom. The number of sulfonamides is 1. The molecule has 1 aliphatic rings. The molecule has 5 nitrogen and oxygen atoms in total. The van der Waals surface area contributed by atoms with Crippen LogP contribution in [0.5, 0.6) is 0 Å². The van der Waals surface area contributed by atoms with Crippen LogP contribution in [0.4, 0.5) is 13.2 Å². The molecule has 1 saturated heterocycles. The fourth-order valence-electron chi connectivity index (χ4n) is 2.55. The van der Waals surface area contributed by atoms with E-state index in [4.69, 9.17) is 0 Å². The van der Waals surface area contributed by atoms with Crippen LogP contribution in [0.15, 0.2) is 23.2 Å². The Morgan fingerprint density at radius 3 is 2.61 bits per heavy atom. The van der Waals surface area contributed by atoms with Gasteiger partial charge in [-0.25, -0.2) is 8.42 Å². The molecule has 2 rings (SSSR count). The van der Waals surface area contributed by atoms with E-state index < -0.39 is 21.9 Å². The molecular weight excluding hydrogens is 355 g/mol. The summed E-state index contributed by atoms with van der Waals surface area (Å²) in [6.07, 6.45) is -2.14. The number of aromatic nitrogens is 1. The maximum atomic E-state index is 12.5. The monoisotopic (exact) mass is 373 g/mol. The topological polar surface area (TPSA) is 62.3 Å². The van der Waals surface area contributed by atoms with Crippen molar-refractivity contribution in [2.45, 2.75) is 23.9 Å². The van der Waals surface area contributed by atoms with Crippen molar-refractivity contribution in [2.24, 2.45) is 5.92 Å². The number of hydrogen-bond acceptors (Lipinski definition) is 4. The van der Waals surface area contributed by atoms with E-state index in [-0.39, 0.29) is 23.2 Å². The van der Waals surface area contributed by atoms with Crippen LogP contribution in [0.3, 0.4) is 0 Å². The summed E-state index contributed by atoms with van der Waals surface area (Å²) in [5, 5.41) is 3.01. The minimum absolute atomic E-state index is 0. The summed E-state index contributed by atoms with van der Waals surface area (Å²) in [6.45, 7) is 1.45. The molecule has 0 spiro atoms. The van der Waals surface area contributed by atoms with Gasteiger partial charge in [-0.2, -0.15) is 17.5 Å². The van der Waals surface area contributed by atoms with Gasteiger partial charge in [0.2, 0.25) is 10.0 Å². The fraction of sp³-hybridized carbons (Fsp3) is 0.615. The highest BCUT2D eigenvalue weighted by atomic mass is 35.5. The first-order chi connectivity index (χ1) is 10.2. The first-order valence-electron chi connectivity index (χ1n) is 6.93. The Labute approximate surface area is 139 Å². The van der Waals surface area contributed by atoms with Crippen LogP contribution < -0.4 is 5.32 Å². The highest BCUT2D eigenvalue weighted by molar-refractivity contribution is 7.89. The van der Waals surface area contributed by atoms with Gasteiger partial charge < -0.3 is 5.32 Å². The van der Waals surface area contributed by atoms with Crippen LogP contribution in [-0.2, 0) is 16.2 Å². The molecule has 1 aromatic heterocycles. The van der Waals surface area contributed by atoms with E-state index in [0.717, 1.165) is 25.1 Å². The minimum Gasteiger partial charge on any atom is -0.319 e. The molecule has 1 fully saturated rings. The average Bonchev–Trinajstić information content (AvgIpc) is 2.47. The number of pyridine rings is 1. The molecule has 1 aliphatic heterocycles. The molecule has 0 saturated carbocycles. The third-order valence-corrected chi connectivity index (χ3v) is 5.49. The lowest BCUT2D eigenvalue weighted by atomic mass is 10.00. The number of hydrogen-bond donors (Lipinski definition) is 1. The van der Waals surface area contributed by atoms with Crippen molar-refractivity contribution in [3.8, 4) is 0 Å². The lowest BCUT2D eigenvalue weighted by Crippen LogP contribution is -2.42. The van der Waals surface area contributed by atoms with Crippen molar-refractivity contribution in [1.82, 2.24) is 14.6 Å². The number of halogens is 4. The van der Waals surface area contributed by atoms with Gasteiger partial charge in [-0.15, -0.1) is 12.4 Å². The molecule has 132 valence electrons. The second-order valence-corrected chi connectivity index (χ2v) is 7.24. The smallest absolute Gasteiger partial charge is 0.319 e. The van der Waals surface area contributed by atoms with Gasteiger partial charge in [0.1, 0.15) is 10.6 Å². The average molecular weight is 374 g/mol. The maximum absolute atomic E-state index is 12.5. The van der Waals surface area contributed by atoms with Gasteiger partial charge in [0, 0.05) is 19.3 Å². The number of rotatable bonds is 4. The van der Waals surface area contributed by atoms with Crippen molar-refractivity contribution in [1.29, 1.82) is 0 Å². The van der Waals surface area contributed by atoms with E-state index in [2.05, 4.69) is 10.3 Å². The van der Waals surface area contributed by atoms with Crippen molar-refractivity contribution >= 4 is 22.4 Å². The van der Waals surface area contributed by atoms with Gasteiger partial charge in [-0.05, 0) is 44.5 Å². The van der Waals surface area contributed by atoms with Gasteiger partial charge in [0.25, 0.3) is 0 Å². The lowest BCUT2D eigenvalue weighted by Gasteiger charge is -2.31. The first kappa shape index (κ1) is 20.1. The Hall–Kier alpha value is -0.900. The summed E-state index contributed by atoms with van der Waals surface area (Å²) >= 11 is 0. The SMILES string of the molecule is CNCC1CCCN(S(=O)(=O)c2ccc(C(F)(F)F)nc2)C1.Cl. The molecule has 23 heavy (non-hydrogen) atoms. The summed E-state index contributed by atoms with van der Waals surface area (Å²) in [5.74, 6) is 0.205. The van der Waals surface area contributed by atoms with Gasteiger partial charge in [0.05, 0.1) is 0 Å². The van der Waals surface area contributed by atoms with E-state index in [1.807, 2.05) is 0 Å². The summed E-state index contributed by atoms with van der Waals surface area (Å²) < 4.78 is 63.7. The van der Waals surface area contributed by atoms with Crippen molar-refractivity contribution < 1.29 is 21.6 Å². The number of piperidine rings is 1. The van der Waals surface area contributed by atoms with Gasteiger partial charge >= 0.3 is 6.18 Å². The molecule has 2 heterocycles. The summed E-state index contributed by atoms with van der Waals surface area (Å²) in [6, 6.07) is 1.66. The predicted molar refractivity (Wildman–Crippen MR) is 81.9 cm³/mol. The summed E-state index contributed by atoms with van der Waals surface area (Å²) in [4.78, 5) is 3.02. The minimum atomic E-state index is -4.58. The van der Waals surface area contributed by atoms with Gasteiger partial charge in [0.15, 0.2) is 0 Å². The molecular formula is C13H19ClF3N3O2S. The Kier molecular flexibility index (Phi) is 6.81. The van der Waals surface area contributed by atoms with Crippen LogP contribution in [-0.4, -0.2) is 44.4 Å². The molecule has 0 bridgehead atoms. The summed E-state index contributed by atoms with van der Waals surface area (Å²) in [5.41, 5.74) is -1.10. The zero-order chi connectivity index (χ0) is 16.4. The number of nitrogens with zero attached hydrogens (tertiary/aromatic N) is 2. The Morgan fingerprint density at radius 2 is 2.09 bits per heavy atom. The molecule has 1 atom stereocenters. The standard InChI is InChI=1S/C13H18F3N3O2S.ClH/c1-17-7-10-3-2-6-19(9-10)22(20,21)11-4-5-12(18-8-11)13(14,15)16;/h4-5,8,10,17H,2-3,6-7,9H2,1H3;1H. The van der Waals surface area contributed by atoms with Crippen LogP contribution in [0.2, 0.25) is 0 Å². The van der Waals surface area contributed by atoms with Crippen molar-refractivity contribution in [2.75, 3.05) is 26.7 Å². The van der Waals surface area contributed by atoms with Crippen LogP contribution in [0.25, 0.3) is 0 Å². The molecule has 0 aliphatic carbocycles. The van der Waals surface area contributed by atoms with Gasteiger partial charge in [-0.1, -0.05) is 0 Å². The zero-order valence-electron chi connectivity index (χ0n) is 12.5. The van der Waals surface area contributed by atoms with E-state index in [1.165, 1.54) is 4.31 Å². The van der Waals surface area contributed by atoms with Crippen molar-refractivity contribution in [3.63, 3.8) is 0 Å². The zero-order valence-corrected chi connectivity index (χ0v) is 14.1. The Balaban J connectivity index is 0.00000264. The van der Waals surface area contributed by atoms with Crippen LogP contribution in [0, 0.1) is 5.92 Å². The third-order valence-electron chi connectivity index (χ3n) is 3.64. The second-order valence-electron chi connectivity index (χ2n) is 5.31. The molecule has 1 unspecified atom stereocenters. The third kappa shape index (κ3) is 4.79. The molecule has 0 aromatic carbocycles. The fourth-order valence-corrected chi connectivity index (χ4v) is 4.05. The lowest BCUT2D eigenvalue weighted by molar-refractivity contribution is -0.141. The summed E-state index contributed by atoms with van der Waals surface area (Å²) in [7, 11) is -2.00. The second kappa shape index (κ2) is 7.78. The molecule has 1 N–H and O–H groups in total. The number of alkyl halides is 3. The van der Waals surface area contributed by atoms with E-state index in [1.54, 1.807) is 7.05 Å². The van der Waals surface area contributed by atoms with E-state index in [0.29, 0.717) is 25.7 Å². The first-order valence-corrected chi connectivity index (χ1v) is 8.37. The predicted octanol–water partition coefficient (Wildman–Crippen LogP) is 2.14. The van der Waals surface area contributed by atoms with E-state index in [9.17, 15) is 21.6 Å². The van der Waals surface area contributed by atoms with Crippen molar-refractivity contribution in [3.05, 3.63) is 24.0 Å². The molecule has 1 aromatic rings. The molecule has 10 heteroatoms. The number of nitrogens with one attached hydrogen (secondary N) is 1. The Bertz CT molecular complexity index is 606. The largest absolute Gasteiger partial charge is 0.433 e. The highest BCUT2D eigenvalue weighted by Crippen LogP contribution is 2.29.